The van der Waals surface area contributed by atoms with E-state index in [2.05, 4.69) is 10.8 Å². The van der Waals surface area contributed by atoms with E-state index >= 15 is 0 Å². The fraction of sp³-hybridized carbons (Fsp3) is 0.211. The third kappa shape index (κ3) is 3.12. The molecule has 0 spiro atoms. The molecule has 0 aliphatic carbocycles. The van der Waals surface area contributed by atoms with Crippen molar-refractivity contribution in [2.45, 2.75) is 13.0 Å². The van der Waals surface area contributed by atoms with E-state index in [1.807, 2.05) is 30.3 Å². The summed E-state index contributed by atoms with van der Waals surface area (Å²) in [5.74, 6) is -0.0883. The van der Waals surface area contributed by atoms with Crippen LogP contribution in [0, 0.1) is 0 Å². The molecule has 0 radical (unpaired) electrons. The molecule has 0 unspecified atom stereocenters. The van der Waals surface area contributed by atoms with Gasteiger partial charge in [0, 0.05) is 23.6 Å². The maximum Gasteiger partial charge on any atom is 0.335 e. The number of methoxy groups -OCH3 is 1. The van der Waals surface area contributed by atoms with Crippen LogP contribution in [-0.4, -0.2) is 29.3 Å². The van der Waals surface area contributed by atoms with E-state index in [4.69, 9.17) is 15.6 Å². The molecule has 0 aliphatic rings. The molecule has 1 heterocycles. The molecule has 5 heteroatoms. The molecule has 3 rings (SSSR count). The molecule has 5 nitrogen and oxygen atoms in total. The summed E-state index contributed by atoms with van der Waals surface area (Å²) in [4.78, 5) is 11.0. The van der Waals surface area contributed by atoms with Crippen molar-refractivity contribution in [2.75, 3.05) is 13.7 Å². The van der Waals surface area contributed by atoms with Crippen molar-refractivity contribution in [3.05, 3.63) is 65.4 Å². The highest BCUT2D eigenvalue weighted by Crippen LogP contribution is 2.27. The van der Waals surface area contributed by atoms with Gasteiger partial charge in [-0.05, 0) is 54.4 Å². The van der Waals surface area contributed by atoms with Crippen molar-refractivity contribution in [2.24, 2.45) is 5.73 Å². The van der Waals surface area contributed by atoms with Crippen LogP contribution in [0.15, 0.2) is 48.7 Å². The Labute approximate surface area is 140 Å². The predicted molar refractivity (Wildman–Crippen MR) is 93.8 cm³/mol. The van der Waals surface area contributed by atoms with E-state index < -0.39 is 5.97 Å². The van der Waals surface area contributed by atoms with Crippen LogP contribution >= 0.6 is 0 Å². The van der Waals surface area contributed by atoms with Crippen molar-refractivity contribution in [1.82, 2.24) is 4.57 Å². The van der Waals surface area contributed by atoms with Gasteiger partial charge >= 0.3 is 5.97 Å². The third-order valence-electron chi connectivity index (χ3n) is 4.14. The van der Waals surface area contributed by atoms with Gasteiger partial charge in [-0.15, -0.1) is 0 Å². The second-order valence-corrected chi connectivity index (χ2v) is 5.71. The van der Waals surface area contributed by atoms with Crippen molar-refractivity contribution >= 4 is 16.9 Å². The Hall–Kier alpha value is -2.79. The molecular formula is C19H20N2O3. The van der Waals surface area contributed by atoms with Crippen LogP contribution in [0.4, 0.5) is 0 Å². The summed E-state index contributed by atoms with van der Waals surface area (Å²) in [7, 11) is 1.66. The fourth-order valence-electron chi connectivity index (χ4n) is 2.91. The average molecular weight is 324 g/mol. The summed E-state index contributed by atoms with van der Waals surface area (Å²) < 4.78 is 7.48. The number of aromatic nitrogens is 1. The van der Waals surface area contributed by atoms with E-state index in [0.29, 0.717) is 18.7 Å². The number of rotatable bonds is 6. The first-order valence-corrected chi connectivity index (χ1v) is 7.80. The topological polar surface area (TPSA) is 77.5 Å². The molecule has 0 atom stereocenters. The third-order valence-corrected chi connectivity index (χ3v) is 4.14. The van der Waals surface area contributed by atoms with Crippen LogP contribution in [0.5, 0.6) is 5.75 Å². The Morgan fingerprint density at radius 2 is 1.96 bits per heavy atom. The lowest BCUT2D eigenvalue weighted by atomic mass is 10.1. The van der Waals surface area contributed by atoms with Gasteiger partial charge in [0.05, 0.1) is 12.7 Å². The van der Waals surface area contributed by atoms with Crippen LogP contribution in [-0.2, 0) is 13.0 Å². The lowest BCUT2D eigenvalue weighted by molar-refractivity contribution is 0.0697. The second kappa shape index (κ2) is 6.76. The first-order chi connectivity index (χ1) is 11.6. The zero-order valence-corrected chi connectivity index (χ0v) is 13.5. The molecule has 0 amide bonds. The lowest BCUT2D eigenvalue weighted by Gasteiger charge is -2.07. The first-order valence-electron chi connectivity index (χ1n) is 7.80. The van der Waals surface area contributed by atoms with Crippen LogP contribution < -0.4 is 10.5 Å². The summed E-state index contributed by atoms with van der Waals surface area (Å²) in [5.41, 5.74) is 9.38. The molecule has 3 N–H and O–H groups in total. The first kappa shape index (κ1) is 16.1. The number of fused-ring (bicyclic) bond motifs is 1. The molecule has 124 valence electrons. The summed E-state index contributed by atoms with van der Waals surface area (Å²) in [5, 5.41) is 10.1. The average Bonchev–Trinajstić information content (AvgIpc) is 2.92. The van der Waals surface area contributed by atoms with E-state index in [-0.39, 0.29) is 0 Å². The molecular weight excluding hydrogens is 304 g/mol. The molecule has 0 saturated heterocycles. The predicted octanol–water partition coefficient (Wildman–Crippen LogP) is 2.90. The molecule has 0 saturated carbocycles. The normalized spacial score (nSPS) is 10.9. The van der Waals surface area contributed by atoms with Crippen molar-refractivity contribution in [3.63, 3.8) is 0 Å². The number of carboxylic acids is 1. The highest BCUT2D eigenvalue weighted by atomic mass is 16.5. The van der Waals surface area contributed by atoms with Crippen LogP contribution in [0.2, 0.25) is 0 Å². The maximum absolute atomic E-state index is 11.0. The van der Waals surface area contributed by atoms with Gasteiger partial charge in [0.15, 0.2) is 0 Å². The number of hydrogen-bond acceptors (Lipinski definition) is 3. The zero-order chi connectivity index (χ0) is 17.1. The van der Waals surface area contributed by atoms with E-state index in [1.54, 1.807) is 19.2 Å². The fourth-order valence-corrected chi connectivity index (χ4v) is 2.91. The maximum atomic E-state index is 11.0. The van der Waals surface area contributed by atoms with Gasteiger partial charge in [0.1, 0.15) is 5.75 Å². The monoisotopic (exact) mass is 324 g/mol. The molecule has 24 heavy (non-hydrogen) atoms. The summed E-state index contributed by atoms with van der Waals surface area (Å²) in [6, 6.07) is 13.0. The number of hydrogen-bond donors (Lipinski definition) is 2. The molecule has 0 aliphatic heterocycles. The summed E-state index contributed by atoms with van der Waals surface area (Å²) in [6.07, 6.45) is 2.91. The van der Waals surface area contributed by atoms with E-state index in [9.17, 15) is 4.79 Å². The Morgan fingerprint density at radius 3 is 2.58 bits per heavy atom. The SMILES string of the molecule is COc1ccc2c(c1)c(CCN)cn2Cc1ccc(C(=O)O)cc1. The minimum atomic E-state index is -0.912. The van der Waals surface area contributed by atoms with Gasteiger partial charge in [0.2, 0.25) is 0 Å². The summed E-state index contributed by atoms with van der Waals surface area (Å²) >= 11 is 0. The Kier molecular flexibility index (Phi) is 4.53. The largest absolute Gasteiger partial charge is 0.497 e. The molecule has 3 aromatic rings. The highest BCUT2D eigenvalue weighted by molar-refractivity contribution is 5.87. The number of benzene rings is 2. The van der Waals surface area contributed by atoms with Gasteiger partial charge in [-0.25, -0.2) is 4.79 Å². The Morgan fingerprint density at radius 1 is 1.21 bits per heavy atom. The zero-order valence-electron chi connectivity index (χ0n) is 13.5. The summed E-state index contributed by atoms with van der Waals surface area (Å²) in [6.45, 7) is 1.26. The highest BCUT2D eigenvalue weighted by Gasteiger charge is 2.10. The molecule has 1 aromatic heterocycles. The number of aromatic carboxylic acids is 1. The van der Waals surface area contributed by atoms with E-state index in [1.165, 1.54) is 5.56 Å². The molecule has 0 fully saturated rings. The van der Waals surface area contributed by atoms with Crippen molar-refractivity contribution in [1.29, 1.82) is 0 Å². The van der Waals surface area contributed by atoms with Crippen LogP contribution in [0.1, 0.15) is 21.5 Å². The van der Waals surface area contributed by atoms with Crippen molar-refractivity contribution in [3.8, 4) is 5.75 Å². The molecule has 0 bridgehead atoms. The number of nitrogens with two attached hydrogens (primary N) is 1. The Balaban J connectivity index is 1.97. The van der Waals surface area contributed by atoms with Crippen molar-refractivity contribution < 1.29 is 14.6 Å². The smallest absolute Gasteiger partial charge is 0.335 e. The van der Waals surface area contributed by atoms with Gasteiger partial charge in [-0.2, -0.15) is 0 Å². The number of carbonyl (C=O) groups is 1. The number of carboxylic acid groups (broad SMARTS) is 1. The number of nitrogens with zero attached hydrogens (tertiary/aromatic N) is 1. The quantitative estimate of drug-likeness (QED) is 0.731. The van der Waals surface area contributed by atoms with Gasteiger partial charge in [-0.3, -0.25) is 0 Å². The van der Waals surface area contributed by atoms with Gasteiger partial charge in [0.25, 0.3) is 0 Å². The number of ether oxygens (including phenoxy) is 1. The van der Waals surface area contributed by atoms with Crippen LogP contribution in [0.3, 0.4) is 0 Å². The lowest BCUT2D eigenvalue weighted by Crippen LogP contribution is -2.02. The Bertz CT molecular complexity index is 866. The standard InChI is InChI=1S/C19H20N2O3/c1-24-16-6-7-18-17(10-16)15(8-9-20)12-21(18)11-13-2-4-14(5-3-13)19(22)23/h2-7,10,12H,8-9,11,20H2,1H3,(H,22,23). The van der Waals surface area contributed by atoms with Gasteiger partial charge in [-0.1, -0.05) is 12.1 Å². The second-order valence-electron chi connectivity index (χ2n) is 5.71. The van der Waals surface area contributed by atoms with Crippen LogP contribution in [0.25, 0.3) is 10.9 Å². The van der Waals surface area contributed by atoms with E-state index in [0.717, 1.165) is 28.6 Å². The van der Waals surface area contributed by atoms with Gasteiger partial charge < -0.3 is 20.1 Å². The molecule has 2 aromatic carbocycles. The minimum absolute atomic E-state index is 0.296. The minimum Gasteiger partial charge on any atom is -0.497 e.